The number of fused-ring (bicyclic) bond motifs is 5. The van der Waals surface area contributed by atoms with Crippen LogP contribution in [0.25, 0.3) is 0 Å². The van der Waals surface area contributed by atoms with Crippen molar-refractivity contribution >= 4 is 23.5 Å². The molecule has 0 aromatic carbocycles. The summed E-state index contributed by atoms with van der Waals surface area (Å²) < 4.78 is 10.5. The maximum atomic E-state index is 13.3. The monoisotopic (exact) mass is 474 g/mol. The molecule has 4 aliphatic rings. The Labute approximate surface area is 199 Å². The molecule has 2 N–H and O–H groups in total. The first kappa shape index (κ1) is 24.8. The van der Waals surface area contributed by atoms with Crippen LogP contribution in [0.3, 0.4) is 0 Å². The molecule has 0 spiro atoms. The Morgan fingerprint density at radius 2 is 1.94 bits per heavy atom. The Balaban J connectivity index is 1.75. The van der Waals surface area contributed by atoms with Crippen molar-refractivity contribution in [3.8, 4) is 0 Å². The van der Waals surface area contributed by atoms with Crippen molar-refractivity contribution in [3.05, 3.63) is 23.8 Å². The molecule has 0 radical (unpaired) electrons. The van der Waals surface area contributed by atoms with Crippen molar-refractivity contribution in [1.82, 2.24) is 0 Å². The zero-order valence-electron chi connectivity index (χ0n) is 20.2. The maximum Gasteiger partial charge on any atom is 0.305 e. The number of ketones is 2. The number of Topliss-reactive ketones (excluding diaryl/α,β-unsaturated/α-hetero) is 1. The van der Waals surface area contributed by atoms with Crippen molar-refractivity contribution in [2.75, 3.05) is 6.61 Å². The summed E-state index contributed by atoms with van der Waals surface area (Å²) in [5.74, 6) is -2.45. The van der Waals surface area contributed by atoms with Gasteiger partial charge in [-0.1, -0.05) is 32.4 Å². The van der Waals surface area contributed by atoms with Gasteiger partial charge in [-0.25, -0.2) is 0 Å². The molecule has 0 bridgehead atoms. The van der Waals surface area contributed by atoms with Gasteiger partial charge in [-0.15, -0.1) is 0 Å². The summed E-state index contributed by atoms with van der Waals surface area (Å²) in [7, 11) is 0. The lowest BCUT2D eigenvalue weighted by molar-refractivity contribution is -0.198. The van der Waals surface area contributed by atoms with Gasteiger partial charge in [0.25, 0.3) is 0 Å². The van der Waals surface area contributed by atoms with Crippen molar-refractivity contribution in [2.24, 2.45) is 28.6 Å². The second-order valence-corrected chi connectivity index (χ2v) is 10.7. The molecule has 0 amide bonds. The normalized spacial score (nSPS) is 42.7. The summed E-state index contributed by atoms with van der Waals surface area (Å²) in [6.07, 6.45) is 4.98. The molecule has 0 aromatic heterocycles. The molecule has 3 fully saturated rings. The van der Waals surface area contributed by atoms with Crippen LogP contribution in [0.1, 0.15) is 59.8 Å². The fourth-order valence-electron chi connectivity index (χ4n) is 7.47. The van der Waals surface area contributed by atoms with Crippen LogP contribution < -0.4 is 0 Å². The third-order valence-electron chi connectivity index (χ3n) is 9.08. The lowest BCUT2D eigenvalue weighted by Crippen LogP contribution is -2.64. The van der Waals surface area contributed by atoms with Crippen LogP contribution in [0.5, 0.6) is 0 Å². The zero-order chi connectivity index (χ0) is 25.1. The van der Waals surface area contributed by atoms with Gasteiger partial charge in [0.05, 0.1) is 6.10 Å². The third kappa shape index (κ3) is 3.49. The van der Waals surface area contributed by atoms with E-state index in [-0.39, 0.29) is 42.8 Å². The quantitative estimate of drug-likeness (QED) is 0.580. The number of rotatable bonds is 5. The Morgan fingerprint density at radius 1 is 1.24 bits per heavy atom. The van der Waals surface area contributed by atoms with E-state index in [0.29, 0.717) is 12.8 Å². The number of aliphatic hydroxyl groups excluding tert-OH is 1. The van der Waals surface area contributed by atoms with Gasteiger partial charge in [-0.3, -0.25) is 19.2 Å². The van der Waals surface area contributed by atoms with E-state index in [4.69, 9.17) is 9.47 Å². The highest BCUT2D eigenvalue weighted by Crippen LogP contribution is 2.67. The molecule has 8 nitrogen and oxygen atoms in total. The molecule has 0 unspecified atom stereocenters. The Bertz CT molecular complexity index is 981. The molecular formula is C26H34O8. The van der Waals surface area contributed by atoms with E-state index in [9.17, 15) is 29.4 Å². The summed E-state index contributed by atoms with van der Waals surface area (Å²) in [6, 6.07) is 0. The number of aliphatic hydroxyl groups is 2. The van der Waals surface area contributed by atoms with Gasteiger partial charge in [0, 0.05) is 30.1 Å². The van der Waals surface area contributed by atoms with Crippen LogP contribution in [0, 0.1) is 28.6 Å². The maximum absolute atomic E-state index is 13.3. The highest BCUT2D eigenvalue weighted by molar-refractivity contribution is 6.01. The first-order chi connectivity index (χ1) is 15.9. The van der Waals surface area contributed by atoms with E-state index in [2.05, 4.69) is 0 Å². The minimum atomic E-state index is -2.10. The van der Waals surface area contributed by atoms with Gasteiger partial charge in [-0.05, 0) is 49.7 Å². The standard InChI is InChI=1S/C26H34O8/c1-5-22(31)34-21-11-18-17-7-6-15-10-16(28)8-9-24(15,3)23(17)19(29)12-25(18,4)26(21,32)20(30)13-33-14(2)27/h8-10,17-19,21,23,29,32H,5-7,11-13H2,1-4H3/t17-,18-,19-,21+,23+,24-,25-,26+/m0/s1. The summed E-state index contributed by atoms with van der Waals surface area (Å²) >= 11 is 0. The van der Waals surface area contributed by atoms with Crippen molar-refractivity contribution in [1.29, 1.82) is 0 Å². The zero-order valence-corrected chi connectivity index (χ0v) is 20.2. The lowest BCUT2D eigenvalue weighted by atomic mass is 9.46. The molecule has 8 heteroatoms. The molecule has 0 saturated heterocycles. The van der Waals surface area contributed by atoms with E-state index < -0.39 is 53.0 Å². The van der Waals surface area contributed by atoms with E-state index in [0.717, 1.165) is 5.57 Å². The average molecular weight is 475 g/mol. The average Bonchev–Trinajstić information content (AvgIpc) is 2.99. The molecule has 0 aromatic rings. The van der Waals surface area contributed by atoms with Crippen LogP contribution in [0.15, 0.2) is 23.8 Å². The summed E-state index contributed by atoms with van der Waals surface area (Å²) in [6.45, 7) is 5.99. The van der Waals surface area contributed by atoms with Crippen molar-refractivity contribution in [3.63, 3.8) is 0 Å². The van der Waals surface area contributed by atoms with Crippen LogP contribution in [-0.2, 0) is 28.7 Å². The van der Waals surface area contributed by atoms with Crippen LogP contribution in [0.2, 0.25) is 0 Å². The van der Waals surface area contributed by atoms with E-state index in [1.54, 1.807) is 26.0 Å². The smallest absolute Gasteiger partial charge is 0.305 e. The van der Waals surface area contributed by atoms with Gasteiger partial charge in [0.2, 0.25) is 5.78 Å². The van der Waals surface area contributed by atoms with Gasteiger partial charge in [0.1, 0.15) is 6.10 Å². The second kappa shape index (κ2) is 8.41. The molecular weight excluding hydrogens is 440 g/mol. The lowest BCUT2D eigenvalue weighted by Gasteiger charge is -2.59. The third-order valence-corrected chi connectivity index (χ3v) is 9.08. The SMILES string of the molecule is CCC(=O)O[C@@H]1C[C@H]2[C@@H]3CCC4=CC(=O)C=C[C@]4(C)[C@H]3[C@@H](O)C[C@]2(C)[C@@]1(O)C(=O)COC(C)=O. The molecule has 0 heterocycles. The van der Waals surface area contributed by atoms with Crippen LogP contribution >= 0.6 is 0 Å². The minimum Gasteiger partial charge on any atom is -0.459 e. The second-order valence-electron chi connectivity index (χ2n) is 10.7. The molecule has 3 saturated carbocycles. The topological polar surface area (TPSA) is 127 Å². The molecule has 4 rings (SSSR count). The van der Waals surface area contributed by atoms with Gasteiger partial charge < -0.3 is 19.7 Å². The molecule has 34 heavy (non-hydrogen) atoms. The van der Waals surface area contributed by atoms with Gasteiger partial charge in [-0.2, -0.15) is 0 Å². The predicted octanol–water partition coefficient (Wildman–Crippen LogP) is 2.06. The fourth-order valence-corrected chi connectivity index (χ4v) is 7.47. The summed E-state index contributed by atoms with van der Waals surface area (Å²) in [5.41, 5.74) is -2.69. The van der Waals surface area contributed by atoms with E-state index >= 15 is 0 Å². The van der Waals surface area contributed by atoms with Gasteiger partial charge in [0.15, 0.2) is 18.0 Å². The number of allylic oxidation sites excluding steroid dienone is 4. The Morgan fingerprint density at radius 3 is 2.59 bits per heavy atom. The number of esters is 2. The van der Waals surface area contributed by atoms with Gasteiger partial charge >= 0.3 is 11.9 Å². The van der Waals surface area contributed by atoms with E-state index in [1.165, 1.54) is 6.92 Å². The fraction of sp³-hybridized carbons (Fsp3) is 0.692. The van der Waals surface area contributed by atoms with Crippen LogP contribution in [0.4, 0.5) is 0 Å². The molecule has 4 aliphatic carbocycles. The van der Waals surface area contributed by atoms with Crippen molar-refractivity contribution in [2.45, 2.75) is 77.6 Å². The molecule has 186 valence electrons. The van der Waals surface area contributed by atoms with E-state index in [1.807, 2.05) is 13.0 Å². The predicted molar refractivity (Wildman–Crippen MR) is 120 cm³/mol. The molecule has 0 aliphatic heterocycles. The number of carbonyl (C=O) groups excluding carboxylic acids is 4. The first-order valence-corrected chi connectivity index (χ1v) is 12.1. The molecule has 8 atom stereocenters. The largest absolute Gasteiger partial charge is 0.459 e. The number of hydrogen-bond acceptors (Lipinski definition) is 8. The van der Waals surface area contributed by atoms with Crippen molar-refractivity contribution < 1.29 is 38.9 Å². The minimum absolute atomic E-state index is 0.0566. The number of ether oxygens (including phenoxy) is 2. The summed E-state index contributed by atoms with van der Waals surface area (Å²) in [5, 5.41) is 23.4. The van der Waals surface area contributed by atoms with Crippen LogP contribution in [-0.4, -0.2) is 58.1 Å². The highest BCUT2D eigenvalue weighted by atomic mass is 16.6. The Kier molecular flexibility index (Phi) is 6.13. The number of hydrogen-bond donors (Lipinski definition) is 2. The summed E-state index contributed by atoms with van der Waals surface area (Å²) in [4.78, 5) is 48.9. The first-order valence-electron chi connectivity index (χ1n) is 12.1. The Hall–Kier alpha value is -2.32. The number of carbonyl (C=O) groups is 4. The highest BCUT2D eigenvalue weighted by Gasteiger charge is 2.72.